The van der Waals surface area contributed by atoms with Crippen LogP contribution in [0.25, 0.3) is 0 Å². The predicted molar refractivity (Wildman–Crippen MR) is 63.7 cm³/mol. The third kappa shape index (κ3) is 3.38. The topological polar surface area (TPSA) is 97.5 Å². The Morgan fingerprint density at radius 2 is 2.00 bits per heavy atom. The second kappa shape index (κ2) is 5.90. The van der Waals surface area contributed by atoms with E-state index >= 15 is 0 Å². The molecular weight excluding hydrogens is 238 g/mol. The highest BCUT2D eigenvalue weighted by molar-refractivity contribution is 5.98. The first-order chi connectivity index (χ1) is 8.45. The van der Waals surface area contributed by atoms with Crippen LogP contribution in [0.1, 0.15) is 35.7 Å². The highest BCUT2D eigenvalue weighted by Gasteiger charge is 2.16. The number of Topliss-reactive ketones (excluding diaryl/α,β-unsaturated/α-hetero) is 1. The molecule has 0 aliphatic heterocycles. The number of carboxylic acid groups (broad SMARTS) is 1. The summed E-state index contributed by atoms with van der Waals surface area (Å²) >= 11 is 0. The second-order valence-corrected chi connectivity index (χ2v) is 3.77. The van der Waals surface area contributed by atoms with Crippen molar-refractivity contribution in [3.63, 3.8) is 0 Å². The zero-order chi connectivity index (χ0) is 13.7. The number of hydrogen-bond donors (Lipinski definition) is 1. The van der Waals surface area contributed by atoms with Gasteiger partial charge in [-0.25, -0.2) is 0 Å². The van der Waals surface area contributed by atoms with E-state index in [0.717, 1.165) is 0 Å². The monoisotopic (exact) mass is 251 g/mol. The number of nitro benzene ring substituents is 1. The van der Waals surface area contributed by atoms with Gasteiger partial charge in [0, 0.05) is 23.6 Å². The summed E-state index contributed by atoms with van der Waals surface area (Å²) in [5, 5.41) is 19.3. The Bertz CT molecular complexity index is 495. The molecular formula is C12H13NO5. The second-order valence-electron chi connectivity index (χ2n) is 3.77. The maximum atomic E-state index is 11.6. The lowest BCUT2D eigenvalue weighted by Gasteiger charge is -2.03. The summed E-state index contributed by atoms with van der Waals surface area (Å²) in [5.74, 6) is -1.47. The maximum absolute atomic E-state index is 11.6. The van der Waals surface area contributed by atoms with Crippen molar-refractivity contribution in [2.45, 2.75) is 26.2 Å². The lowest BCUT2D eigenvalue weighted by Crippen LogP contribution is -2.05. The van der Waals surface area contributed by atoms with E-state index in [2.05, 4.69) is 0 Å². The van der Waals surface area contributed by atoms with Crippen LogP contribution in [0.2, 0.25) is 0 Å². The van der Waals surface area contributed by atoms with E-state index in [1.54, 1.807) is 6.92 Å². The Hall–Kier alpha value is -2.24. The lowest BCUT2D eigenvalue weighted by molar-refractivity contribution is -0.385. The lowest BCUT2D eigenvalue weighted by atomic mass is 10.0. The van der Waals surface area contributed by atoms with Crippen molar-refractivity contribution >= 4 is 17.4 Å². The van der Waals surface area contributed by atoms with Gasteiger partial charge in [-0.05, 0) is 6.42 Å². The number of rotatable bonds is 6. The molecule has 0 aromatic heterocycles. The minimum atomic E-state index is -1.07. The molecule has 0 heterocycles. The summed E-state index contributed by atoms with van der Waals surface area (Å²) in [4.78, 5) is 32.3. The zero-order valence-corrected chi connectivity index (χ0v) is 9.88. The number of ketones is 1. The molecule has 0 unspecified atom stereocenters. The van der Waals surface area contributed by atoms with E-state index in [1.165, 1.54) is 18.2 Å². The van der Waals surface area contributed by atoms with Crippen LogP contribution >= 0.6 is 0 Å². The van der Waals surface area contributed by atoms with Gasteiger partial charge in [0.05, 0.1) is 11.3 Å². The summed E-state index contributed by atoms with van der Waals surface area (Å²) in [7, 11) is 0. The van der Waals surface area contributed by atoms with Gasteiger partial charge in [0.15, 0.2) is 5.78 Å². The number of carboxylic acids is 1. The Labute approximate surface area is 103 Å². The average Bonchev–Trinajstić information content (AvgIpc) is 2.34. The third-order valence-electron chi connectivity index (χ3n) is 2.55. The molecule has 1 N–H and O–H groups in total. The van der Waals surface area contributed by atoms with Crippen LogP contribution in [0.4, 0.5) is 5.69 Å². The molecule has 0 aliphatic rings. The van der Waals surface area contributed by atoms with Crippen LogP contribution in [0, 0.1) is 10.1 Å². The molecule has 18 heavy (non-hydrogen) atoms. The fourth-order valence-corrected chi connectivity index (χ4v) is 1.57. The van der Waals surface area contributed by atoms with Gasteiger partial charge in [-0.3, -0.25) is 19.7 Å². The molecule has 0 aliphatic carbocycles. The van der Waals surface area contributed by atoms with Crippen molar-refractivity contribution in [1.82, 2.24) is 0 Å². The van der Waals surface area contributed by atoms with E-state index < -0.39 is 16.7 Å². The van der Waals surface area contributed by atoms with E-state index in [0.29, 0.717) is 12.0 Å². The molecule has 0 radical (unpaired) electrons. The van der Waals surface area contributed by atoms with Crippen molar-refractivity contribution in [3.05, 3.63) is 39.4 Å². The molecule has 0 bridgehead atoms. The van der Waals surface area contributed by atoms with Crippen LogP contribution in [0.5, 0.6) is 0 Å². The van der Waals surface area contributed by atoms with Crippen molar-refractivity contribution in [3.8, 4) is 0 Å². The van der Waals surface area contributed by atoms with Gasteiger partial charge in [-0.1, -0.05) is 19.1 Å². The normalized spacial score (nSPS) is 10.1. The molecule has 1 aromatic rings. The first kappa shape index (κ1) is 13.8. The van der Waals surface area contributed by atoms with Gasteiger partial charge in [0.2, 0.25) is 0 Å². The summed E-state index contributed by atoms with van der Waals surface area (Å²) in [6.45, 7) is 1.79. The smallest absolute Gasteiger partial charge is 0.303 e. The largest absolute Gasteiger partial charge is 0.481 e. The quantitative estimate of drug-likeness (QED) is 0.474. The number of hydrogen-bond acceptors (Lipinski definition) is 4. The van der Waals surface area contributed by atoms with Gasteiger partial charge in [0.1, 0.15) is 0 Å². The summed E-state index contributed by atoms with van der Waals surface area (Å²) in [6, 6.07) is 4.24. The summed E-state index contributed by atoms with van der Waals surface area (Å²) < 4.78 is 0. The SMILES string of the molecule is CCc1ccc(C(=O)CCC(=O)O)cc1[N+](=O)[O-]. The third-order valence-corrected chi connectivity index (χ3v) is 2.55. The molecule has 0 saturated heterocycles. The van der Waals surface area contributed by atoms with Crippen LogP contribution in [0.3, 0.4) is 0 Å². The van der Waals surface area contributed by atoms with E-state index in [4.69, 9.17) is 5.11 Å². The van der Waals surface area contributed by atoms with Crippen LogP contribution in [-0.4, -0.2) is 21.8 Å². The van der Waals surface area contributed by atoms with Gasteiger partial charge in [-0.2, -0.15) is 0 Å². The standard InChI is InChI=1S/C12H13NO5/c1-2-8-3-4-9(7-10(8)13(17)18)11(14)5-6-12(15)16/h3-4,7H,2,5-6H2,1H3,(H,15,16). The van der Waals surface area contributed by atoms with Crippen molar-refractivity contribution in [2.24, 2.45) is 0 Å². The van der Waals surface area contributed by atoms with Gasteiger partial charge in [-0.15, -0.1) is 0 Å². The van der Waals surface area contributed by atoms with Gasteiger partial charge < -0.3 is 5.11 Å². The Kier molecular flexibility index (Phi) is 4.53. The van der Waals surface area contributed by atoms with Crippen molar-refractivity contribution in [1.29, 1.82) is 0 Å². The van der Waals surface area contributed by atoms with Gasteiger partial charge in [0.25, 0.3) is 5.69 Å². The minimum Gasteiger partial charge on any atom is -0.481 e. The predicted octanol–water partition coefficient (Wildman–Crippen LogP) is 2.20. The number of carbonyl (C=O) groups excluding carboxylic acids is 1. The van der Waals surface area contributed by atoms with Crippen LogP contribution < -0.4 is 0 Å². The molecule has 0 spiro atoms. The highest BCUT2D eigenvalue weighted by Crippen LogP contribution is 2.21. The molecule has 6 nitrogen and oxygen atoms in total. The maximum Gasteiger partial charge on any atom is 0.303 e. The Balaban J connectivity index is 2.97. The molecule has 6 heteroatoms. The number of nitro groups is 1. The first-order valence-corrected chi connectivity index (χ1v) is 5.48. The number of aryl methyl sites for hydroxylation is 1. The molecule has 0 fully saturated rings. The van der Waals surface area contributed by atoms with E-state index in [-0.39, 0.29) is 24.1 Å². The van der Waals surface area contributed by atoms with E-state index in [9.17, 15) is 19.7 Å². The van der Waals surface area contributed by atoms with Crippen LogP contribution in [0.15, 0.2) is 18.2 Å². The molecule has 96 valence electrons. The molecule has 1 aromatic carbocycles. The summed E-state index contributed by atoms with van der Waals surface area (Å²) in [6.07, 6.45) is 0.0695. The van der Waals surface area contributed by atoms with Crippen molar-refractivity contribution < 1.29 is 19.6 Å². The average molecular weight is 251 g/mol. The molecule has 0 saturated carbocycles. The Morgan fingerprint density at radius 3 is 2.50 bits per heavy atom. The number of carbonyl (C=O) groups is 2. The molecule has 1 rings (SSSR count). The van der Waals surface area contributed by atoms with Crippen LogP contribution in [-0.2, 0) is 11.2 Å². The molecule has 0 atom stereocenters. The zero-order valence-electron chi connectivity index (χ0n) is 9.88. The minimum absolute atomic E-state index is 0.0984. The number of aliphatic carboxylic acids is 1. The fourth-order valence-electron chi connectivity index (χ4n) is 1.57. The summed E-state index contributed by atoms with van der Waals surface area (Å²) in [5.41, 5.74) is 0.633. The highest BCUT2D eigenvalue weighted by atomic mass is 16.6. The van der Waals surface area contributed by atoms with E-state index in [1.807, 2.05) is 0 Å². The molecule has 0 amide bonds. The van der Waals surface area contributed by atoms with Crippen molar-refractivity contribution in [2.75, 3.05) is 0 Å². The Morgan fingerprint density at radius 1 is 1.33 bits per heavy atom. The number of nitrogens with zero attached hydrogens (tertiary/aromatic N) is 1. The first-order valence-electron chi connectivity index (χ1n) is 5.48. The fraction of sp³-hybridized carbons (Fsp3) is 0.333. The van der Waals surface area contributed by atoms with Gasteiger partial charge >= 0.3 is 5.97 Å². The number of benzene rings is 1.